The molecule has 8 heteroatoms. The van der Waals surface area contributed by atoms with Gasteiger partial charge in [0.15, 0.2) is 5.96 Å². The molecule has 2 rings (SSSR count). The van der Waals surface area contributed by atoms with Crippen LogP contribution in [0.3, 0.4) is 0 Å². The van der Waals surface area contributed by atoms with Crippen LogP contribution in [0.1, 0.15) is 19.7 Å². The molecule has 0 unspecified atom stereocenters. The van der Waals surface area contributed by atoms with Crippen molar-refractivity contribution in [3.05, 3.63) is 12.2 Å². The van der Waals surface area contributed by atoms with E-state index in [-0.39, 0.29) is 5.54 Å². The summed E-state index contributed by atoms with van der Waals surface area (Å²) in [5.74, 6) is 1.64. The molecule has 1 aliphatic rings. The molecule has 0 amide bonds. The molecule has 1 saturated heterocycles. The highest BCUT2D eigenvalue weighted by Crippen LogP contribution is 2.14. The molecule has 0 atom stereocenters. The normalized spacial score (nSPS) is 17.5. The zero-order valence-electron chi connectivity index (χ0n) is 14.0. The average molecular weight is 309 g/mol. The van der Waals surface area contributed by atoms with Crippen LogP contribution in [0.5, 0.6) is 0 Å². The molecule has 1 aliphatic heterocycles. The van der Waals surface area contributed by atoms with Gasteiger partial charge in [-0.05, 0) is 13.8 Å². The highest BCUT2D eigenvalue weighted by atomic mass is 16.5. The molecule has 0 saturated carbocycles. The zero-order chi connectivity index (χ0) is 16.0. The molecule has 124 valence electrons. The highest BCUT2D eigenvalue weighted by Gasteiger charge is 2.28. The van der Waals surface area contributed by atoms with Gasteiger partial charge in [0.2, 0.25) is 0 Å². The Balaban J connectivity index is 1.81. The number of nitrogens with zero attached hydrogens (tertiary/aromatic N) is 5. The minimum atomic E-state index is 0.0478. The Morgan fingerprint density at radius 3 is 2.68 bits per heavy atom. The summed E-state index contributed by atoms with van der Waals surface area (Å²) in [6, 6.07) is 0. The van der Waals surface area contributed by atoms with Crippen molar-refractivity contribution in [3.63, 3.8) is 0 Å². The molecule has 0 spiro atoms. The first-order chi connectivity index (χ1) is 10.5. The van der Waals surface area contributed by atoms with Gasteiger partial charge >= 0.3 is 0 Å². The number of hydrogen-bond donors (Lipinski definition) is 2. The van der Waals surface area contributed by atoms with Crippen molar-refractivity contribution in [2.75, 3.05) is 39.9 Å². The molecular formula is C14H27N7O. The van der Waals surface area contributed by atoms with Gasteiger partial charge in [-0.15, -0.1) is 0 Å². The lowest BCUT2D eigenvalue weighted by atomic mass is 10.0. The first kappa shape index (κ1) is 16.7. The van der Waals surface area contributed by atoms with Gasteiger partial charge in [-0.1, -0.05) is 0 Å². The Morgan fingerprint density at radius 1 is 1.36 bits per heavy atom. The minimum Gasteiger partial charge on any atom is -0.379 e. The second-order valence-corrected chi connectivity index (χ2v) is 5.99. The van der Waals surface area contributed by atoms with Crippen LogP contribution in [-0.4, -0.2) is 71.1 Å². The second-order valence-electron chi connectivity index (χ2n) is 5.99. The fourth-order valence-electron chi connectivity index (χ4n) is 2.44. The molecule has 2 heterocycles. The third-order valence-electron chi connectivity index (χ3n) is 4.00. The average Bonchev–Trinajstić information content (AvgIpc) is 2.93. The van der Waals surface area contributed by atoms with E-state index >= 15 is 0 Å². The van der Waals surface area contributed by atoms with E-state index in [2.05, 4.69) is 44.5 Å². The molecule has 0 aromatic carbocycles. The SMILES string of the molecule is CN=C(NCc1ncnn1C)NCC(C)(C)N1CCOCC1. The summed E-state index contributed by atoms with van der Waals surface area (Å²) in [5.41, 5.74) is 0.0478. The summed E-state index contributed by atoms with van der Waals surface area (Å²) in [6.07, 6.45) is 1.55. The maximum atomic E-state index is 5.42. The lowest BCUT2D eigenvalue weighted by Crippen LogP contribution is -2.56. The Morgan fingerprint density at radius 2 is 2.09 bits per heavy atom. The van der Waals surface area contributed by atoms with Gasteiger partial charge in [-0.25, -0.2) is 4.98 Å². The Kier molecular flexibility index (Phi) is 5.73. The summed E-state index contributed by atoms with van der Waals surface area (Å²) in [5, 5.41) is 10.7. The Hall–Kier alpha value is -1.67. The molecule has 1 aromatic heterocycles. The Labute approximate surface area is 132 Å². The van der Waals surface area contributed by atoms with E-state index in [0.717, 1.165) is 44.6 Å². The van der Waals surface area contributed by atoms with Gasteiger partial charge in [0.25, 0.3) is 0 Å². The van der Waals surface area contributed by atoms with Crippen LogP contribution in [0.2, 0.25) is 0 Å². The van der Waals surface area contributed by atoms with Crippen LogP contribution < -0.4 is 10.6 Å². The number of rotatable bonds is 5. The summed E-state index contributed by atoms with van der Waals surface area (Å²) >= 11 is 0. The third kappa shape index (κ3) is 4.41. The largest absolute Gasteiger partial charge is 0.379 e. The molecule has 22 heavy (non-hydrogen) atoms. The number of aryl methyl sites for hydroxylation is 1. The van der Waals surface area contributed by atoms with Gasteiger partial charge in [-0.2, -0.15) is 5.10 Å². The van der Waals surface area contributed by atoms with Gasteiger partial charge in [0.1, 0.15) is 12.2 Å². The summed E-state index contributed by atoms with van der Waals surface area (Å²) in [4.78, 5) is 10.9. The van der Waals surface area contributed by atoms with Crippen molar-refractivity contribution in [2.45, 2.75) is 25.9 Å². The first-order valence-corrected chi connectivity index (χ1v) is 7.63. The van der Waals surface area contributed by atoms with E-state index < -0.39 is 0 Å². The number of aromatic nitrogens is 3. The fourth-order valence-corrected chi connectivity index (χ4v) is 2.44. The van der Waals surface area contributed by atoms with Crippen LogP contribution >= 0.6 is 0 Å². The van der Waals surface area contributed by atoms with Crippen molar-refractivity contribution >= 4 is 5.96 Å². The maximum Gasteiger partial charge on any atom is 0.191 e. The maximum absolute atomic E-state index is 5.42. The lowest BCUT2D eigenvalue weighted by molar-refractivity contribution is -0.00834. The number of morpholine rings is 1. The van der Waals surface area contributed by atoms with E-state index in [4.69, 9.17) is 4.74 Å². The van der Waals surface area contributed by atoms with Gasteiger partial charge in [0.05, 0.1) is 19.8 Å². The molecule has 1 aromatic rings. The fraction of sp³-hybridized carbons (Fsp3) is 0.786. The van der Waals surface area contributed by atoms with Crippen LogP contribution in [0.15, 0.2) is 11.3 Å². The predicted molar refractivity (Wildman–Crippen MR) is 85.7 cm³/mol. The number of guanidine groups is 1. The van der Waals surface area contributed by atoms with Crippen molar-refractivity contribution < 1.29 is 4.74 Å². The monoisotopic (exact) mass is 309 g/mol. The summed E-state index contributed by atoms with van der Waals surface area (Å²) in [7, 11) is 3.65. The molecule has 2 N–H and O–H groups in total. The van der Waals surface area contributed by atoms with E-state index in [0.29, 0.717) is 6.54 Å². The van der Waals surface area contributed by atoms with E-state index in [1.54, 1.807) is 18.1 Å². The molecule has 1 fully saturated rings. The lowest BCUT2D eigenvalue weighted by Gasteiger charge is -2.41. The number of hydrogen-bond acceptors (Lipinski definition) is 5. The summed E-state index contributed by atoms with van der Waals surface area (Å²) in [6.45, 7) is 9.44. The number of nitrogens with one attached hydrogen (secondary N) is 2. The van der Waals surface area contributed by atoms with Crippen molar-refractivity contribution in [1.82, 2.24) is 30.3 Å². The third-order valence-corrected chi connectivity index (χ3v) is 4.00. The van der Waals surface area contributed by atoms with Crippen molar-refractivity contribution in [2.24, 2.45) is 12.0 Å². The molecule has 8 nitrogen and oxygen atoms in total. The van der Waals surface area contributed by atoms with Gasteiger partial charge in [0, 0.05) is 39.3 Å². The van der Waals surface area contributed by atoms with Crippen molar-refractivity contribution in [3.8, 4) is 0 Å². The van der Waals surface area contributed by atoms with Crippen molar-refractivity contribution in [1.29, 1.82) is 0 Å². The Bertz CT molecular complexity index is 491. The van der Waals surface area contributed by atoms with Gasteiger partial charge < -0.3 is 15.4 Å². The molecule has 0 radical (unpaired) electrons. The summed E-state index contributed by atoms with van der Waals surface area (Å²) < 4.78 is 7.17. The van der Waals surface area contributed by atoms with Crippen LogP contribution in [0, 0.1) is 0 Å². The first-order valence-electron chi connectivity index (χ1n) is 7.63. The highest BCUT2D eigenvalue weighted by molar-refractivity contribution is 5.79. The minimum absolute atomic E-state index is 0.0478. The molecule has 0 aliphatic carbocycles. The van der Waals surface area contributed by atoms with E-state index in [1.165, 1.54) is 0 Å². The predicted octanol–water partition coefficient (Wildman–Crippen LogP) is -0.409. The zero-order valence-corrected chi connectivity index (χ0v) is 14.0. The topological polar surface area (TPSA) is 79.6 Å². The van der Waals surface area contributed by atoms with E-state index in [9.17, 15) is 0 Å². The molecular weight excluding hydrogens is 282 g/mol. The quantitative estimate of drug-likeness (QED) is 0.569. The van der Waals surface area contributed by atoms with Crippen LogP contribution in [-0.2, 0) is 18.3 Å². The second kappa shape index (κ2) is 7.55. The van der Waals surface area contributed by atoms with E-state index in [1.807, 2.05) is 7.05 Å². The van der Waals surface area contributed by atoms with Gasteiger partial charge in [-0.3, -0.25) is 14.6 Å². The van der Waals surface area contributed by atoms with Crippen LogP contribution in [0.25, 0.3) is 0 Å². The number of aliphatic imine (C=N–C) groups is 1. The van der Waals surface area contributed by atoms with Crippen LogP contribution in [0.4, 0.5) is 0 Å². The molecule has 0 bridgehead atoms. The standard InChI is InChI=1S/C14H27N7O/c1-14(2,21-5-7-22-8-6-21)10-17-13(15-3)16-9-12-18-11-19-20(12)4/h11H,5-10H2,1-4H3,(H2,15,16,17). The number of ether oxygens (including phenoxy) is 1. The smallest absolute Gasteiger partial charge is 0.191 e.